The molecule has 1 aromatic rings. The first-order valence-corrected chi connectivity index (χ1v) is 11.9. The minimum absolute atomic E-state index is 0. The summed E-state index contributed by atoms with van der Waals surface area (Å²) < 4.78 is 0. The Morgan fingerprint density at radius 1 is 1.19 bits per heavy atom. The van der Waals surface area contributed by atoms with Crippen LogP contribution in [0.1, 0.15) is 37.8 Å². The van der Waals surface area contributed by atoms with Crippen LogP contribution in [0.15, 0.2) is 41.4 Å². The van der Waals surface area contributed by atoms with Gasteiger partial charge in [-0.25, -0.2) is 0 Å². The van der Waals surface area contributed by atoms with Crippen molar-refractivity contribution in [1.29, 1.82) is 0 Å². The molecule has 3 atom stereocenters. The lowest BCUT2D eigenvalue weighted by atomic mass is 9.85. The van der Waals surface area contributed by atoms with Crippen molar-refractivity contribution in [2.24, 2.45) is 10.9 Å². The Hall–Kier alpha value is -0.830. The highest BCUT2D eigenvalue weighted by Crippen LogP contribution is 2.36. The van der Waals surface area contributed by atoms with Gasteiger partial charge in [-0.2, -0.15) is 0 Å². The van der Waals surface area contributed by atoms with Gasteiger partial charge in [0.25, 0.3) is 0 Å². The third kappa shape index (κ3) is 6.15. The van der Waals surface area contributed by atoms with Gasteiger partial charge in [0.1, 0.15) is 0 Å². The van der Waals surface area contributed by atoms with Crippen LogP contribution in [-0.2, 0) is 0 Å². The van der Waals surface area contributed by atoms with Gasteiger partial charge in [0.15, 0.2) is 5.96 Å². The van der Waals surface area contributed by atoms with Gasteiger partial charge in [0.05, 0.1) is 0 Å². The second kappa shape index (κ2) is 11.9. The summed E-state index contributed by atoms with van der Waals surface area (Å²) in [4.78, 5) is 12.7. The van der Waals surface area contributed by atoms with Gasteiger partial charge in [0, 0.05) is 56.4 Å². The zero-order valence-corrected chi connectivity index (χ0v) is 21.9. The maximum absolute atomic E-state index is 6.31. The molecular formula is C24H37ClIN5. The Kier molecular flexibility index (Phi) is 9.49. The van der Waals surface area contributed by atoms with Crippen LogP contribution in [0.4, 0.5) is 0 Å². The second-order valence-corrected chi connectivity index (χ2v) is 9.33. The molecule has 1 N–H and O–H groups in total. The van der Waals surface area contributed by atoms with Crippen molar-refractivity contribution in [3.05, 3.63) is 47.0 Å². The summed E-state index contributed by atoms with van der Waals surface area (Å²) in [5, 5.41) is 4.38. The molecule has 1 aromatic carbocycles. The number of piperidine rings is 1. The number of nitrogens with zero attached hydrogens (tertiary/aromatic N) is 4. The predicted octanol–water partition coefficient (Wildman–Crippen LogP) is 4.25. The van der Waals surface area contributed by atoms with Crippen LogP contribution in [0.3, 0.4) is 0 Å². The van der Waals surface area contributed by atoms with E-state index in [1.165, 1.54) is 24.8 Å². The standard InChI is InChI=1S/C24H36ClN5.HI/c1-3-26-24(30-15-11-22(18-30)29-13-4-5-14-29)27-17-20-9-7-12-28(2)23(20)19-8-6-10-21(25)16-19;/h4-6,8,10,16,20,22-23H,3,7,9,11-15,17-18H2,1-2H3,(H,26,27);1H. The van der Waals surface area contributed by atoms with E-state index in [0.717, 1.165) is 56.8 Å². The maximum Gasteiger partial charge on any atom is 0.193 e. The summed E-state index contributed by atoms with van der Waals surface area (Å²) in [5.41, 5.74) is 1.32. The van der Waals surface area contributed by atoms with Crippen molar-refractivity contribution >= 4 is 41.5 Å². The number of halogens is 2. The normalized spacial score (nSPS) is 27.5. The molecule has 4 rings (SSSR count). The predicted molar refractivity (Wildman–Crippen MR) is 142 cm³/mol. The smallest absolute Gasteiger partial charge is 0.193 e. The molecule has 3 heterocycles. The molecule has 0 amide bonds. The van der Waals surface area contributed by atoms with Crippen molar-refractivity contribution in [3.63, 3.8) is 0 Å². The van der Waals surface area contributed by atoms with Gasteiger partial charge in [-0.1, -0.05) is 35.9 Å². The number of guanidine groups is 1. The van der Waals surface area contributed by atoms with E-state index in [2.05, 4.69) is 64.3 Å². The van der Waals surface area contributed by atoms with E-state index in [0.29, 0.717) is 18.0 Å². The number of rotatable bonds is 5. The van der Waals surface area contributed by atoms with E-state index < -0.39 is 0 Å². The van der Waals surface area contributed by atoms with Gasteiger partial charge in [-0.05, 0) is 63.4 Å². The molecule has 3 aliphatic heterocycles. The SMILES string of the molecule is CCNC(=NCC1CCCN(C)C1c1cccc(Cl)c1)N1CCC(N2CC=CC2)C1.I. The van der Waals surface area contributed by atoms with Crippen LogP contribution in [0.5, 0.6) is 0 Å². The van der Waals surface area contributed by atoms with Crippen LogP contribution < -0.4 is 5.32 Å². The number of nitrogens with one attached hydrogen (secondary N) is 1. The minimum atomic E-state index is 0. The summed E-state index contributed by atoms with van der Waals surface area (Å²) >= 11 is 6.31. The number of hydrogen-bond acceptors (Lipinski definition) is 3. The van der Waals surface area contributed by atoms with Crippen LogP contribution in [0.25, 0.3) is 0 Å². The van der Waals surface area contributed by atoms with E-state index in [9.17, 15) is 0 Å². The summed E-state index contributed by atoms with van der Waals surface area (Å²) in [7, 11) is 2.24. The van der Waals surface area contributed by atoms with Gasteiger partial charge in [-0.15, -0.1) is 24.0 Å². The fourth-order valence-corrected chi connectivity index (χ4v) is 5.52. The number of aliphatic imine (C=N–C) groups is 1. The number of hydrogen-bond donors (Lipinski definition) is 1. The molecule has 3 unspecified atom stereocenters. The van der Waals surface area contributed by atoms with Crippen LogP contribution in [0.2, 0.25) is 5.02 Å². The monoisotopic (exact) mass is 557 g/mol. The summed E-state index contributed by atoms with van der Waals surface area (Å²) in [6, 6.07) is 9.40. The molecule has 0 radical (unpaired) electrons. The van der Waals surface area contributed by atoms with Crippen molar-refractivity contribution < 1.29 is 0 Å². The first-order valence-electron chi connectivity index (χ1n) is 11.5. The third-order valence-electron chi connectivity index (χ3n) is 6.83. The molecule has 0 saturated carbocycles. The van der Waals surface area contributed by atoms with E-state index >= 15 is 0 Å². The lowest BCUT2D eigenvalue weighted by Crippen LogP contribution is -2.43. The molecule has 2 fully saturated rings. The molecule has 0 aliphatic carbocycles. The van der Waals surface area contributed by atoms with Crippen molar-refractivity contribution in [1.82, 2.24) is 20.0 Å². The molecule has 0 spiro atoms. The third-order valence-corrected chi connectivity index (χ3v) is 7.07. The molecule has 0 aromatic heterocycles. The van der Waals surface area contributed by atoms with Crippen LogP contribution in [-0.4, -0.2) is 79.6 Å². The van der Waals surface area contributed by atoms with E-state index in [1.54, 1.807) is 0 Å². The lowest BCUT2D eigenvalue weighted by Gasteiger charge is -2.39. The van der Waals surface area contributed by atoms with Crippen LogP contribution >= 0.6 is 35.6 Å². The molecule has 0 bridgehead atoms. The van der Waals surface area contributed by atoms with E-state index in [-0.39, 0.29) is 24.0 Å². The topological polar surface area (TPSA) is 34.1 Å². The zero-order chi connectivity index (χ0) is 20.9. The average Bonchev–Trinajstić information content (AvgIpc) is 3.43. The number of benzene rings is 1. The Morgan fingerprint density at radius 2 is 2.00 bits per heavy atom. The largest absolute Gasteiger partial charge is 0.357 e. The van der Waals surface area contributed by atoms with Gasteiger partial charge in [-0.3, -0.25) is 14.8 Å². The summed E-state index contributed by atoms with van der Waals surface area (Å²) in [6.45, 7) is 9.44. The fourth-order valence-electron chi connectivity index (χ4n) is 5.32. The second-order valence-electron chi connectivity index (χ2n) is 8.89. The molecule has 31 heavy (non-hydrogen) atoms. The Balaban J connectivity index is 0.00000272. The Morgan fingerprint density at radius 3 is 2.74 bits per heavy atom. The van der Waals surface area contributed by atoms with Gasteiger partial charge < -0.3 is 10.2 Å². The quantitative estimate of drug-likeness (QED) is 0.254. The molecule has 7 heteroatoms. The van der Waals surface area contributed by atoms with Crippen molar-refractivity contribution in [2.45, 2.75) is 38.3 Å². The van der Waals surface area contributed by atoms with Gasteiger partial charge in [0.2, 0.25) is 0 Å². The minimum Gasteiger partial charge on any atom is -0.357 e. The first-order chi connectivity index (χ1) is 14.7. The maximum atomic E-state index is 6.31. The average molecular weight is 558 g/mol. The fraction of sp³-hybridized carbons (Fsp3) is 0.625. The summed E-state index contributed by atoms with van der Waals surface area (Å²) in [6.07, 6.45) is 8.25. The van der Waals surface area contributed by atoms with Crippen LogP contribution in [0, 0.1) is 5.92 Å². The lowest BCUT2D eigenvalue weighted by molar-refractivity contribution is 0.125. The van der Waals surface area contributed by atoms with E-state index in [1.807, 2.05) is 6.07 Å². The van der Waals surface area contributed by atoms with Gasteiger partial charge >= 0.3 is 0 Å². The highest BCUT2D eigenvalue weighted by atomic mass is 127. The number of likely N-dealkylation sites (tertiary alicyclic amines) is 2. The molecule has 5 nitrogen and oxygen atoms in total. The highest BCUT2D eigenvalue weighted by Gasteiger charge is 2.32. The zero-order valence-electron chi connectivity index (χ0n) is 18.8. The highest BCUT2D eigenvalue weighted by molar-refractivity contribution is 14.0. The summed E-state index contributed by atoms with van der Waals surface area (Å²) in [5.74, 6) is 1.60. The molecule has 172 valence electrons. The van der Waals surface area contributed by atoms with Crippen molar-refractivity contribution in [2.75, 3.05) is 52.9 Å². The van der Waals surface area contributed by atoms with Crippen molar-refractivity contribution in [3.8, 4) is 0 Å². The molecule has 2 saturated heterocycles. The Labute approximate surface area is 209 Å². The first kappa shape index (κ1) is 24.8. The Bertz CT molecular complexity index is 762. The van der Waals surface area contributed by atoms with E-state index in [4.69, 9.17) is 16.6 Å². The molecular weight excluding hydrogens is 521 g/mol. The molecule has 3 aliphatic rings.